The molecule has 0 fully saturated rings. The summed E-state index contributed by atoms with van der Waals surface area (Å²) in [6.07, 6.45) is 1.58. The molecule has 0 radical (unpaired) electrons. The molecule has 110 valence electrons. The van der Waals surface area contributed by atoms with Crippen molar-refractivity contribution in [3.05, 3.63) is 35.9 Å². The minimum absolute atomic E-state index is 0.0444. The number of nitrogens with two attached hydrogens (primary N) is 1. The SMILES string of the molecule is CCC(N)(CC)CNC(=O)CNC(=O)c1ccccc1. The number of benzene rings is 1. The van der Waals surface area contributed by atoms with Crippen molar-refractivity contribution in [2.24, 2.45) is 5.73 Å². The Bertz CT molecular complexity index is 442. The third kappa shape index (κ3) is 5.01. The van der Waals surface area contributed by atoms with Crippen molar-refractivity contribution in [3.63, 3.8) is 0 Å². The van der Waals surface area contributed by atoms with E-state index in [0.717, 1.165) is 12.8 Å². The maximum Gasteiger partial charge on any atom is 0.251 e. The number of amides is 2. The van der Waals surface area contributed by atoms with Crippen LogP contribution in [0.5, 0.6) is 0 Å². The fourth-order valence-corrected chi connectivity index (χ4v) is 1.69. The fraction of sp³-hybridized carbons (Fsp3) is 0.467. The van der Waals surface area contributed by atoms with Crippen molar-refractivity contribution in [3.8, 4) is 0 Å². The van der Waals surface area contributed by atoms with Crippen LogP contribution in [0, 0.1) is 0 Å². The molecule has 1 aromatic carbocycles. The van der Waals surface area contributed by atoms with Crippen LogP contribution in [0.15, 0.2) is 30.3 Å². The Morgan fingerprint density at radius 2 is 1.70 bits per heavy atom. The third-order valence-corrected chi connectivity index (χ3v) is 3.49. The first kappa shape index (κ1) is 16.2. The molecule has 5 nitrogen and oxygen atoms in total. The van der Waals surface area contributed by atoms with E-state index in [-0.39, 0.29) is 23.9 Å². The van der Waals surface area contributed by atoms with Crippen LogP contribution in [0.2, 0.25) is 0 Å². The molecule has 0 heterocycles. The summed E-state index contributed by atoms with van der Waals surface area (Å²) in [4.78, 5) is 23.4. The van der Waals surface area contributed by atoms with E-state index in [1.54, 1.807) is 24.3 Å². The lowest BCUT2D eigenvalue weighted by molar-refractivity contribution is -0.120. The van der Waals surface area contributed by atoms with Gasteiger partial charge in [-0.1, -0.05) is 32.0 Å². The van der Waals surface area contributed by atoms with Crippen molar-refractivity contribution in [1.29, 1.82) is 0 Å². The van der Waals surface area contributed by atoms with E-state index in [2.05, 4.69) is 10.6 Å². The smallest absolute Gasteiger partial charge is 0.251 e. The van der Waals surface area contributed by atoms with Gasteiger partial charge in [-0.25, -0.2) is 0 Å². The number of carbonyl (C=O) groups excluding carboxylic acids is 2. The highest BCUT2D eigenvalue weighted by Gasteiger charge is 2.20. The lowest BCUT2D eigenvalue weighted by Crippen LogP contribution is -2.50. The van der Waals surface area contributed by atoms with Gasteiger partial charge in [0.25, 0.3) is 5.91 Å². The van der Waals surface area contributed by atoms with Crippen LogP contribution in [-0.4, -0.2) is 30.4 Å². The summed E-state index contributed by atoms with van der Waals surface area (Å²) in [5.74, 6) is -0.489. The first-order valence-corrected chi connectivity index (χ1v) is 6.89. The second-order valence-electron chi connectivity index (χ2n) is 4.89. The first-order chi connectivity index (χ1) is 9.50. The molecule has 0 unspecified atom stereocenters. The third-order valence-electron chi connectivity index (χ3n) is 3.49. The van der Waals surface area contributed by atoms with Gasteiger partial charge in [0.1, 0.15) is 0 Å². The van der Waals surface area contributed by atoms with Gasteiger partial charge in [-0.3, -0.25) is 9.59 Å². The highest BCUT2D eigenvalue weighted by atomic mass is 16.2. The monoisotopic (exact) mass is 277 g/mol. The Morgan fingerprint density at radius 1 is 1.10 bits per heavy atom. The molecule has 1 aromatic rings. The summed E-state index contributed by atoms with van der Waals surface area (Å²) in [5.41, 5.74) is 6.25. The first-order valence-electron chi connectivity index (χ1n) is 6.89. The topological polar surface area (TPSA) is 84.2 Å². The summed E-state index contributed by atoms with van der Waals surface area (Å²) in [6.45, 7) is 4.36. The predicted molar refractivity (Wildman–Crippen MR) is 79.3 cm³/mol. The Morgan fingerprint density at radius 3 is 2.25 bits per heavy atom. The summed E-state index contributed by atoms with van der Waals surface area (Å²) in [6, 6.07) is 8.79. The van der Waals surface area contributed by atoms with Gasteiger partial charge in [0, 0.05) is 17.6 Å². The molecule has 0 saturated heterocycles. The number of carbonyl (C=O) groups is 2. The average molecular weight is 277 g/mol. The van der Waals surface area contributed by atoms with Crippen LogP contribution in [0.25, 0.3) is 0 Å². The maximum absolute atomic E-state index is 11.7. The molecule has 0 bridgehead atoms. The molecule has 5 heteroatoms. The fourth-order valence-electron chi connectivity index (χ4n) is 1.69. The van der Waals surface area contributed by atoms with Gasteiger partial charge < -0.3 is 16.4 Å². The van der Waals surface area contributed by atoms with Gasteiger partial charge in [-0.15, -0.1) is 0 Å². The van der Waals surface area contributed by atoms with Crippen LogP contribution in [0.1, 0.15) is 37.0 Å². The molecular weight excluding hydrogens is 254 g/mol. The number of rotatable bonds is 7. The highest BCUT2D eigenvalue weighted by Crippen LogP contribution is 2.08. The zero-order valence-corrected chi connectivity index (χ0v) is 12.1. The van der Waals surface area contributed by atoms with Gasteiger partial charge in [-0.2, -0.15) is 0 Å². The predicted octanol–water partition coefficient (Wildman–Crippen LogP) is 1.05. The van der Waals surface area contributed by atoms with E-state index < -0.39 is 0 Å². The molecule has 20 heavy (non-hydrogen) atoms. The van der Waals surface area contributed by atoms with E-state index in [4.69, 9.17) is 5.73 Å². The number of hydrogen-bond donors (Lipinski definition) is 3. The Labute approximate surface area is 119 Å². The summed E-state index contributed by atoms with van der Waals surface area (Å²) >= 11 is 0. The number of hydrogen-bond acceptors (Lipinski definition) is 3. The molecule has 4 N–H and O–H groups in total. The molecule has 1 rings (SSSR count). The Hall–Kier alpha value is -1.88. The zero-order chi connectivity index (χ0) is 15.0. The molecular formula is C15H23N3O2. The van der Waals surface area contributed by atoms with E-state index in [0.29, 0.717) is 12.1 Å². The summed E-state index contributed by atoms with van der Waals surface area (Å²) < 4.78 is 0. The van der Waals surface area contributed by atoms with E-state index >= 15 is 0 Å². The molecule has 0 aromatic heterocycles. The summed E-state index contributed by atoms with van der Waals surface area (Å²) in [5, 5.41) is 5.33. The quantitative estimate of drug-likeness (QED) is 0.696. The van der Waals surface area contributed by atoms with Crippen LogP contribution in [0.3, 0.4) is 0 Å². The van der Waals surface area contributed by atoms with Crippen molar-refractivity contribution in [1.82, 2.24) is 10.6 Å². The lowest BCUT2D eigenvalue weighted by atomic mass is 9.94. The Balaban J connectivity index is 2.35. The van der Waals surface area contributed by atoms with E-state index in [1.807, 2.05) is 19.9 Å². The van der Waals surface area contributed by atoms with Gasteiger partial charge in [0.05, 0.1) is 6.54 Å². The van der Waals surface area contributed by atoms with Crippen molar-refractivity contribution < 1.29 is 9.59 Å². The minimum Gasteiger partial charge on any atom is -0.353 e. The maximum atomic E-state index is 11.7. The average Bonchev–Trinajstić information content (AvgIpc) is 2.51. The van der Waals surface area contributed by atoms with E-state index in [9.17, 15) is 9.59 Å². The van der Waals surface area contributed by atoms with E-state index in [1.165, 1.54) is 0 Å². The lowest BCUT2D eigenvalue weighted by Gasteiger charge is -2.26. The zero-order valence-electron chi connectivity index (χ0n) is 12.1. The molecule has 0 spiro atoms. The van der Waals surface area contributed by atoms with Crippen molar-refractivity contribution >= 4 is 11.8 Å². The van der Waals surface area contributed by atoms with Gasteiger partial charge in [0.15, 0.2) is 0 Å². The molecule has 0 saturated carbocycles. The normalized spacial score (nSPS) is 10.9. The van der Waals surface area contributed by atoms with Crippen molar-refractivity contribution in [2.75, 3.05) is 13.1 Å². The summed E-state index contributed by atoms with van der Waals surface area (Å²) in [7, 11) is 0. The van der Waals surface area contributed by atoms with Gasteiger partial charge in [0.2, 0.25) is 5.91 Å². The standard InChI is InChI=1S/C15H23N3O2/c1-3-15(16,4-2)11-18-13(19)10-17-14(20)12-8-6-5-7-9-12/h5-9H,3-4,10-11,16H2,1-2H3,(H,17,20)(H,18,19). The highest BCUT2D eigenvalue weighted by molar-refractivity contribution is 5.96. The van der Waals surface area contributed by atoms with Crippen LogP contribution in [0.4, 0.5) is 0 Å². The second-order valence-corrected chi connectivity index (χ2v) is 4.89. The molecule has 0 aliphatic heterocycles. The van der Waals surface area contributed by atoms with Gasteiger partial charge in [-0.05, 0) is 25.0 Å². The van der Waals surface area contributed by atoms with Crippen molar-refractivity contribution in [2.45, 2.75) is 32.2 Å². The number of nitrogens with one attached hydrogen (secondary N) is 2. The second kappa shape index (κ2) is 7.65. The molecule has 2 amide bonds. The molecule has 0 aliphatic rings. The van der Waals surface area contributed by atoms with Crippen LogP contribution in [-0.2, 0) is 4.79 Å². The Kier molecular flexibility index (Phi) is 6.18. The van der Waals surface area contributed by atoms with Crippen LogP contribution >= 0.6 is 0 Å². The molecule has 0 aliphatic carbocycles. The van der Waals surface area contributed by atoms with Crippen LogP contribution < -0.4 is 16.4 Å². The largest absolute Gasteiger partial charge is 0.353 e. The van der Waals surface area contributed by atoms with Gasteiger partial charge >= 0.3 is 0 Å². The minimum atomic E-state index is -0.376. The molecule has 0 atom stereocenters.